The van der Waals surface area contributed by atoms with Crippen molar-refractivity contribution in [1.82, 2.24) is 5.32 Å². The molecule has 0 aromatic heterocycles. The Kier molecular flexibility index (Phi) is 5.52. The van der Waals surface area contributed by atoms with Gasteiger partial charge in [-0.2, -0.15) is 0 Å². The molecule has 1 amide bonds. The van der Waals surface area contributed by atoms with Gasteiger partial charge in [-0.05, 0) is 31.5 Å². The van der Waals surface area contributed by atoms with Crippen LogP contribution in [0.5, 0.6) is 0 Å². The Balaban J connectivity index is 2.36. The topological polar surface area (TPSA) is 38.3 Å². The summed E-state index contributed by atoms with van der Waals surface area (Å²) in [6.45, 7) is 8.50. The predicted octanol–water partition coefficient (Wildman–Crippen LogP) is 2.46. The molecule has 0 aliphatic rings. The molecular weight excluding hydrogens is 233 g/mol. The Morgan fingerprint density at radius 3 is 2.83 bits per heavy atom. The number of nitrogens with one attached hydrogen (secondary N) is 1. The molecule has 98 valence electrons. The van der Waals surface area contributed by atoms with Crippen LogP contribution < -0.4 is 5.32 Å². The number of halogens is 1. The average Bonchev–Trinajstić information content (AvgIpc) is 2.31. The summed E-state index contributed by atoms with van der Waals surface area (Å²) in [7, 11) is 0. The van der Waals surface area contributed by atoms with Gasteiger partial charge in [0.05, 0.1) is 13.2 Å². The van der Waals surface area contributed by atoms with Crippen molar-refractivity contribution >= 4 is 5.91 Å². The second-order valence-electron chi connectivity index (χ2n) is 4.23. The van der Waals surface area contributed by atoms with Gasteiger partial charge in [0.15, 0.2) is 0 Å². The first-order valence-corrected chi connectivity index (χ1v) is 5.77. The van der Waals surface area contributed by atoms with Crippen LogP contribution in [0.1, 0.15) is 22.8 Å². The molecule has 0 aliphatic heterocycles. The molecule has 3 nitrogen and oxygen atoms in total. The first-order chi connectivity index (χ1) is 8.50. The highest BCUT2D eigenvalue weighted by atomic mass is 19.1. The summed E-state index contributed by atoms with van der Waals surface area (Å²) in [5.41, 5.74) is 1.77. The van der Waals surface area contributed by atoms with Gasteiger partial charge in [-0.25, -0.2) is 4.39 Å². The number of benzene rings is 1. The molecule has 1 N–H and O–H groups in total. The molecule has 0 saturated heterocycles. The highest BCUT2D eigenvalue weighted by molar-refractivity contribution is 5.94. The summed E-state index contributed by atoms with van der Waals surface area (Å²) in [5.74, 6) is -0.672. The summed E-state index contributed by atoms with van der Waals surface area (Å²) >= 11 is 0. The maximum atomic E-state index is 13.3. The summed E-state index contributed by atoms with van der Waals surface area (Å²) in [4.78, 5) is 11.7. The average molecular weight is 251 g/mol. The van der Waals surface area contributed by atoms with Gasteiger partial charge < -0.3 is 10.1 Å². The van der Waals surface area contributed by atoms with Crippen molar-refractivity contribution in [3.8, 4) is 0 Å². The lowest BCUT2D eigenvalue weighted by molar-refractivity contribution is 0.0926. The van der Waals surface area contributed by atoms with Gasteiger partial charge >= 0.3 is 0 Å². The van der Waals surface area contributed by atoms with Crippen LogP contribution in [-0.2, 0) is 4.74 Å². The van der Waals surface area contributed by atoms with Gasteiger partial charge in [0, 0.05) is 12.1 Å². The number of rotatable bonds is 6. The standard InChI is InChI=1S/C14H18FNO2/c1-10(2)9-18-7-6-16-14(17)12-5-4-11(3)13(15)8-12/h4-5,8H,1,6-7,9H2,2-3H3,(H,16,17). The van der Waals surface area contributed by atoms with Crippen LogP contribution in [0.3, 0.4) is 0 Å². The Bertz CT molecular complexity index is 443. The van der Waals surface area contributed by atoms with Crippen LogP contribution in [0.4, 0.5) is 4.39 Å². The van der Waals surface area contributed by atoms with E-state index in [0.29, 0.717) is 30.9 Å². The number of carbonyl (C=O) groups excluding carboxylic acids is 1. The Morgan fingerprint density at radius 2 is 2.22 bits per heavy atom. The van der Waals surface area contributed by atoms with Gasteiger partial charge in [-0.3, -0.25) is 4.79 Å². The van der Waals surface area contributed by atoms with Crippen molar-refractivity contribution < 1.29 is 13.9 Å². The van der Waals surface area contributed by atoms with Gasteiger partial charge in [0.25, 0.3) is 5.91 Å². The van der Waals surface area contributed by atoms with E-state index in [-0.39, 0.29) is 11.7 Å². The maximum absolute atomic E-state index is 13.3. The van der Waals surface area contributed by atoms with Crippen LogP contribution >= 0.6 is 0 Å². The lowest BCUT2D eigenvalue weighted by atomic mass is 10.1. The minimum absolute atomic E-state index is 0.298. The number of hydrogen-bond donors (Lipinski definition) is 1. The fourth-order valence-electron chi connectivity index (χ4n) is 1.32. The number of aryl methyl sites for hydroxylation is 1. The minimum atomic E-state index is -0.374. The lowest BCUT2D eigenvalue weighted by Gasteiger charge is -2.07. The van der Waals surface area contributed by atoms with E-state index in [1.807, 2.05) is 6.92 Å². The summed E-state index contributed by atoms with van der Waals surface area (Å²) < 4.78 is 18.5. The highest BCUT2D eigenvalue weighted by Gasteiger charge is 2.07. The smallest absolute Gasteiger partial charge is 0.251 e. The van der Waals surface area contributed by atoms with E-state index in [2.05, 4.69) is 11.9 Å². The summed E-state index contributed by atoms with van der Waals surface area (Å²) in [6.07, 6.45) is 0. The van der Waals surface area contributed by atoms with Gasteiger partial charge in [0.2, 0.25) is 0 Å². The normalized spacial score (nSPS) is 10.2. The summed E-state index contributed by atoms with van der Waals surface area (Å²) in [5, 5.41) is 2.66. The molecule has 0 heterocycles. The zero-order chi connectivity index (χ0) is 13.5. The fraction of sp³-hybridized carbons (Fsp3) is 0.357. The maximum Gasteiger partial charge on any atom is 0.251 e. The van der Waals surface area contributed by atoms with E-state index in [1.54, 1.807) is 19.1 Å². The molecular formula is C14H18FNO2. The second kappa shape index (κ2) is 6.91. The van der Waals surface area contributed by atoms with Crippen molar-refractivity contribution in [1.29, 1.82) is 0 Å². The third-order valence-electron chi connectivity index (χ3n) is 2.31. The van der Waals surface area contributed by atoms with Crippen LogP contribution in [-0.4, -0.2) is 25.7 Å². The zero-order valence-corrected chi connectivity index (χ0v) is 10.8. The van der Waals surface area contributed by atoms with Crippen LogP contribution in [0, 0.1) is 12.7 Å². The van der Waals surface area contributed by atoms with Crippen molar-refractivity contribution in [3.63, 3.8) is 0 Å². The van der Waals surface area contributed by atoms with Crippen molar-refractivity contribution in [2.24, 2.45) is 0 Å². The third kappa shape index (κ3) is 4.67. The van der Waals surface area contributed by atoms with Gasteiger partial charge in [-0.15, -0.1) is 0 Å². The van der Waals surface area contributed by atoms with E-state index in [9.17, 15) is 9.18 Å². The Labute approximate surface area is 107 Å². The molecule has 0 bridgehead atoms. The molecule has 0 unspecified atom stereocenters. The van der Waals surface area contributed by atoms with Crippen LogP contribution in [0.25, 0.3) is 0 Å². The van der Waals surface area contributed by atoms with Crippen molar-refractivity contribution in [3.05, 3.63) is 47.3 Å². The SMILES string of the molecule is C=C(C)COCCNC(=O)c1ccc(C)c(F)c1. The van der Waals surface area contributed by atoms with E-state index in [0.717, 1.165) is 5.57 Å². The predicted molar refractivity (Wildman–Crippen MR) is 69.1 cm³/mol. The summed E-state index contributed by atoms with van der Waals surface area (Å²) in [6, 6.07) is 4.42. The quantitative estimate of drug-likeness (QED) is 0.623. The van der Waals surface area contributed by atoms with Crippen LogP contribution in [0.15, 0.2) is 30.4 Å². The van der Waals surface area contributed by atoms with E-state index in [1.165, 1.54) is 6.07 Å². The molecule has 4 heteroatoms. The molecule has 0 fully saturated rings. The lowest BCUT2D eigenvalue weighted by Crippen LogP contribution is -2.27. The molecule has 0 radical (unpaired) electrons. The Hall–Kier alpha value is -1.68. The molecule has 0 saturated carbocycles. The Morgan fingerprint density at radius 1 is 1.50 bits per heavy atom. The van der Waals surface area contributed by atoms with E-state index in [4.69, 9.17) is 4.74 Å². The second-order valence-corrected chi connectivity index (χ2v) is 4.23. The van der Waals surface area contributed by atoms with Crippen molar-refractivity contribution in [2.45, 2.75) is 13.8 Å². The third-order valence-corrected chi connectivity index (χ3v) is 2.31. The van der Waals surface area contributed by atoms with Gasteiger partial charge in [-0.1, -0.05) is 18.2 Å². The number of ether oxygens (including phenoxy) is 1. The number of hydrogen-bond acceptors (Lipinski definition) is 2. The molecule has 0 spiro atoms. The molecule has 1 aromatic rings. The molecule has 18 heavy (non-hydrogen) atoms. The highest BCUT2D eigenvalue weighted by Crippen LogP contribution is 2.08. The van der Waals surface area contributed by atoms with E-state index < -0.39 is 0 Å². The molecule has 1 rings (SSSR count). The first-order valence-electron chi connectivity index (χ1n) is 5.77. The monoisotopic (exact) mass is 251 g/mol. The van der Waals surface area contributed by atoms with Gasteiger partial charge in [0.1, 0.15) is 5.82 Å². The zero-order valence-electron chi connectivity index (χ0n) is 10.8. The largest absolute Gasteiger partial charge is 0.375 e. The van der Waals surface area contributed by atoms with Crippen LogP contribution in [0.2, 0.25) is 0 Å². The molecule has 0 atom stereocenters. The number of carbonyl (C=O) groups is 1. The first kappa shape index (κ1) is 14.4. The fourth-order valence-corrected chi connectivity index (χ4v) is 1.32. The van der Waals surface area contributed by atoms with E-state index >= 15 is 0 Å². The molecule has 0 aliphatic carbocycles. The molecule has 1 aromatic carbocycles. The minimum Gasteiger partial charge on any atom is -0.375 e. The van der Waals surface area contributed by atoms with Crippen molar-refractivity contribution in [2.75, 3.05) is 19.8 Å². The number of amides is 1.